The number of esters is 1. The van der Waals surface area contributed by atoms with Crippen molar-refractivity contribution in [2.45, 2.75) is 295 Å². The molecule has 4 N–H and O–H groups in total. The fraction of sp³-hybridized carbons (Fsp3) is 0.909. The highest BCUT2D eigenvalue weighted by molar-refractivity contribution is 7.80. The molecule has 6 unspecified atom stereocenters. The average Bonchev–Trinajstić information content (AvgIpc) is 3.31. The Morgan fingerprint density at radius 2 is 0.926 bits per heavy atom. The van der Waals surface area contributed by atoms with E-state index >= 15 is 0 Å². The molecule has 0 bridgehead atoms. The van der Waals surface area contributed by atoms with Crippen LogP contribution < -0.4 is 0 Å². The summed E-state index contributed by atoms with van der Waals surface area (Å²) in [6.07, 6.45) is 46.4. The minimum atomic E-state index is -5.06. The van der Waals surface area contributed by atoms with E-state index < -0.39 is 59.8 Å². The smallest absolute Gasteiger partial charge is 0.397 e. The van der Waals surface area contributed by atoms with Crippen LogP contribution in [0.3, 0.4) is 0 Å². The van der Waals surface area contributed by atoms with Gasteiger partial charge >= 0.3 is 16.4 Å². The van der Waals surface area contributed by atoms with E-state index in [0.29, 0.717) is 13.0 Å². The molecule has 0 aromatic rings. The number of allylic oxidation sites excluding steroid dienone is 4. The number of aliphatic hydroxyl groups excluding tert-OH is 3. The van der Waals surface area contributed by atoms with Gasteiger partial charge in [0.1, 0.15) is 30.5 Å². The van der Waals surface area contributed by atoms with Gasteiger partial charge in [-0.3, -0.25) is 9.35 Å². The molecule has 0 aromatic carbocycles. The van der Waals surface area contributed by atoms with E-state index in [1.807, 2.05) is 0 Å². The zero-order chi connectivity index (χ0) is 49.6. The molecule has 0 aliphatic carbocycles. The van der Waals surface area contributed by atoms with Crippen molar-refractivity contribution in [2.75, 3.05) is 26.4 Å². The summed E-state index contributed by atoms with van der Waals surface area (Å²) in [6.45, 7) is 4.03. The fourth-order valence-electron chi connectivity index (χ4n) is 8.78. The molecule has 68 heavy (non-hydrogen) atoms. The lowest BCUT2D eigenvalue weighted by Gasteiger charge is -2.41. The zero-order valence-corrected chi connectivity index (χ0v) is 44.3. The summed E-state index contributed by atoms with van der Waals surface area (Å²) in [5.74, 6) is -0.397. The first-order chi connectivity index (χ1) is 33.1. The molecule has 1 aliphatic heterocycles. The van der Waals surface area contributed by atoms with Gasteiger partial charge in [0, 0.05) is 13.0 Å². The van der Waals surface area contributed by atoms with Crippen molar-refractivity contribution in [3.05, 3.63) is 24.3 Å². The topological polar surface area (TPSA) is 178 Å². The van der Waals surface area contributed by atoms with Crippen LogP contribution in [0.25, 0.3) is 0 Å². The first-order valence-corrected chi connectivity index (χ1v) is 29.5. The van der Waals surface area contributed by atoms with E-state index in [9.17, 15) is 33.1 Å². The molecule has 1 fully saturated rings. The third-order valence-corrected chi connectivity index (χ3v) is 13.5. The molecule has 402 valence electrons. The van der Waals surface area contributed by atoms with Gasteiger partial charge < -0.3 is 34.3 Å². The van der Waals surface area contributed by atoms with Crippen molar-refractivity contribution < 1.29 is 56.2 Å². The minimum absolute atomic E-state index is 0.0378. The predicted molar refractivity (Wildman–Crippen MR) is 276 cm³/mol. The van der Waals surface area contributed by atoms with Crippen LogP contribution in [-0.2, 0) is 38.3 Å². The number of ether oxygens (including phenoxy) is 4. The maximum atomic E-state index is 12.9. The highest BCUT2D eigenvalue weighted by Crippen LogP contribution is 2.26. The van der Waals surface area contributed by atoms with E-state index in [4.69, 9.17) is 18.9 Å². The van der Waals surface area contributed by atoms with Gasteiger partial charge in [-0.15, -0.1) is 0 Å². The van der Waals surface area contributed by atoms with Crippen LogP contribution in [0.2, 0.25) is 0 Å². The highest BCUT2D eigenvalue weighted by atomic mass is 32.3. The Morgan fingerprint density at radius 3 is 1.32 bits per heavy atom. The first kappa shape index (κ1) is 64.6. The maximum Gasteiger partial charge on any atom is 0.397 e. The van der Waals surface area contributed by atoms with Crippen molar-refractivity contribution in [1.29, 1.82) is 0 Å². The van der Waals surface area contributed by atoms with E-state index in [1.165, 1.54) is 193 Å². The molecule has 12 nitrogen and oxygen atoms in total. The van der Waals surface area contributed by atoms with Gasteiger partial charge in [-0.25, -0.2) is 4.18 Å². The second-order valence-electron chi connectivity index (χ2n) is 19.5. The Hall–Kier alpha value is -1.42. The van der Waals surface area contributed by atoms with Crippen LogP contribution in [0, 0.1) is 0 Å². The standard InChI is InChI=1S/C55H104O12S/c1-3-5-7-9-11-13-15-17-19-21-23-24-25-27-29-31-33-35-37-39-41-43-45-63-47-49(48-64-55-53(59)54(67-68(60,61)62)52(58)50(46-56)66-55)65-51(57)44-42-40-38-36-34-32-30-28-26-22-20-18-16-14-12-10-8-6-4-2/h18,20-21,23,49-50,52-56,58-59H,3-17,19,22,24-48H2,1-2H3,(H,60,61,62)/b20-18-,23-21-. The quantitative estimate of drug-likeness (QED) is 0.0196. The molecule has 6 atom stereocenters. The van der Waals surface area contributed by atoms with E-state index in [0.717, 1.165) is 38.5 Å². The third-order valence-electron chi connectivity index (χ3n) is 13.0. The summed E-state index contributed by atoms with van der Waals surface area (Å²) < 4.78 is 59.4. The number of carbonyl (C=O) groups is 1. The number of rotatable bonds is 50. The van der Waals surface area contributed by atoms with Crippen LogP contribution >= 0.6 is 0 Å². The molecule has 0 saturated carbocycles. The fourth-order valence-corrected chi connectivity index (χ4v) is 9.29. The molecule has 1 aliphatic rings. The molecule has 0 aromatic heterocycles. The Morgan fingerprint density at radius 1 is 0.544 bits per heavy atom. The number of hydrogen-bond acceptors (Lipinski definition) is 11. The van der Waals surface area contributed by atoms with E-state index in [1.54, 1.807) is 0 Å². The summed E-state index contributed by atoms with van der Waals surface area (Å²) in [5, 5.41) is 30.8. The van der Waals surface area contributed by atoms with Gasteiger partial charge in [0.2, 0.25) is 0 Å². The van der Waals surface area contributed by atoms with E-state index in [2.05, 4.69) is 42.3 Å². The Balaban J connectivity index is 2.31. The summed E-state index contributed by atoms with van der Waals surface area (Å²) in [7, 11) is -5.06. The number of carbonyl (C=O) groups excluding carboxylic acids is 1. The summed E-state index contributed by atoms with van der Waals surface area (Å²) in [4.78, 5) is 12.9. The van der Waals surface area contributed by atoms with Crippen LogP contribution in [0.15, 0.2) is 24.3 Å². The SMILES string of the molecule is CCCCCCCC/C=C\CCCCCCCCCCCC(=O)OC(COCCCCCCCCCCCC/C=C\CCCCCCCCCC)COC1OC(CO)C(O)C(OS(=O)(=O)O)C1O. The number of aliphatic hydroxyl groups is 3. The van der Waals surface area contributed by atoms with Gasteiger partial charge in [-0.2, -0.15) is 8.42 Å². The molecule has 0 spiro atoms. The normalized spacial score (nSPS) is 19.4. The van der Waals surface area contributed by atoms with Crippen molar-refractivity contribution in [2.24, 2.45) is 0 Å². The molecule has 1 rings (SSSR count). The second kappa shape index (κ2) is 46.6. The summed E-state index contributed by atoms with van der Waals surface area (Å²) in [6, 6.07) is 0. The number of unbranched alkanes of at least 4 members (excludes halogenated alkanes) is 33. The summed E-state index contributed by atoms with van der Waals surface area (Å²) >= 11 is 0. The van der Waals surface area contributed by atoms with Gasteiger partial charge in [-0.05, 0) is 64.2 Å². The minimum Gasteiger partial charge on any atom is -0.457 e. The van der Waals surface area contributed by atoms with Crippen LogP contribution in [-0.4, -0.2) is 97.5 Å². The summed E-state index contributed by atoms with van der Waals surface area (Å²) in [5.41, 5.74) is 0. The first-order valence-electron chi connectivity index (χ1n) is 28.1. The van der Waals surface area contributed by atoms with Crippen molar-refractivity contribution in [3.63, 3.8) is 0 Å². The molecule has 0 amide bonds. The van der Waals surface area contributed by atoms with Crippen molar-refractivity contribution in [1.82, 2.24) is 0 Å². The largest absolute Gasteiger partial charge is 0.457 e. The van der Waals surface area contributed by atoms with Crippen molar-refractivity contribution >= 4 is 16.4 Å². The lowest BCUT2D eigenvalue weighted by Crippen LogP contribution is -2.60. The molecular formula is C55H104O12S. The molecule has 13 heteroatoms. The van der Waals surface area contributed by atoms with Crippen LogP contribution in [0.1, 0.15) is 258 Å². The Kier molecular flexibility index (Phi) is 44.3. The predicted octanol–water partition coefficient (Wildman–Crippen LogP) is 13.5. The van der Waals surface area contributed by atoms with Gasteiger partial charge in [0.25, 0.3) is 0 Å². The maximum absolute atomic E-state index is 12.9. The third kappa shape index (κ3) is 39.2. The lowest BCUT2D eigenvalue weighted by atomic mass is 9.99. The highest BCUT2D eigenvalue weighted by Gasteiger charge is 2.48. The second-order valence-corrected chi connectivity index (χ2v) is 20.6. The van der Waals surface area contributed by atoms with E-state index in [-0.39, 0.29) is 19.6 Å². The lowest BCUT2D eigenvalue weighted by molar-refractivity contribution is -0.301. The van der Waals surface area contributed by atoms with Gasteiger partial charge in [0.05, 0.1) is 19.8 Å². The van der Waals surface area contributed by atoms with Gasteiger partial charge in [-0.1, -0.05) is 212 Å². The van der Waals surface area contributed by atoms with Crippen LogP contribution in [0.4, 0.5) is 0 Å². The average molecular weight is 989 g/mol. The zero-order valence-electron chi connectivity index (χ0n) is 43.4. The monoisotopic (exact) mass is 989 g/mol. The molecule has 0 radical (unpaired) electrons. The molecule has 1 heterocycles. The Bertz CT molecular complexity index is 1280. The molecule has 1 saturated heterocycles. The van der Waals surface area contributed by atoms with Gasteiger partial charge in [0.15, 0.2) is 6.29 Å². The number of hydrogen-bond donors (Lipinski definition) is 4. The molecular weight excluding hydrogens is 885 g/mol. The van der Waals surface area contributed by atoms with Crippen molar-refractivity contribution in [3.8, 4) is 0 Å². The van der Waals surface area contributed by atoms with Crippen LogP contribution in [0.5, 0.6) is 0 Å². The Labute approximate surface area is 416 Å².